The molecule has 0 saturated carbocycles. The van der Waals surface area contributed by atoms with Crippen LogP contribution in [0.15, 0.2) is 18.2 Å². The number of para-hydroxylation sites is 1. The van der Waals surface area contributed by atoms with Crippen LogP contribution in [0.5, 0.6) is 0 Å². The molecule has 76 valence electrons. The van der Waals surface area contributed by atoms with Gasteiger partial charge in [-0.15, -0.1) is 0 Å². The van der Waals surface area contributed by atoms with Gasteiger partial charge in [-0.3, -0.25) is 0 Å². The number of anilines is 1. The number of hydrogen-bond donors (Lipinski definition) is 1. The molecule has 1 heterocycles. The Morgan fingerprint density at radius 2 is 2.00 bits per heavy atom. The van der Waals surface area contributed by atoms with Crippen LogP contribution in [0.25, 0.3) is 0 Å². The van der Waals surface area contributed by atoms with Crippen molar-refractivity contribution < 1.29 is 0 Å². The third-order valence-corrected chi connectivity index (χ3v) is 2.88. The van der Waals surface area contributed by atoms with Gasteiger partial charge in [-0.05, 0) is 32.0 Å². The highest BCUT2D eigenvalue weighted by Gasteiger charge is 2.34. The van der Waals surface area contributed by atoms with Gasteiger partial charge in [0, 0.05) is 18.8 Å². The quantitative estimate of drug-likeness (QED) is 0.730. The number of rotatable bonds is 3. The summed E-state index contributed by atoms with van der Waals surface area (Å²) in [5.74, 6) is 0. The molecular formula is C12H18N2. The van der Waals surface area contributed by atoms with Gasteiger partial charge in [0.05, 0.1) is 6.04 Å². The Morgan fingerprint density at radius 3 is 2.57 bits per heavy atom. The monoisotopic (exact) mass is 190 g/mol. The Bertz CT molecular complexity index is 313. The summed E-state index contributed by atoms with van der Waals surface area (Å²) in [6.07, 6.45) is 0. The minimum Gasteiger partial charge on any atom is -0.363 e. The number of likely N-dealkylation sites (N-methyl/N-ethyl adjacent to an activating group) is 1. The van der Waals surface area contributed by atoms with Gasteiger partial charge in [-0.25, -0.2) is 0 Å². The van der Waals surface area contributed by atoms with Crippen LogP contribution < -0.4 is 10.2 Å². The molecule has 1 aliphatic heterocycles. The van der Waals surface area contributed by atoms with Crippen molar-refractivity contribution in [1.29, 1.82) is 0 Å². The summed E-state index contributed by atoms with van der Waals surface area (Å²) >= 11 is 0. The maximum atomic E-state index is 3.23. The lowest BCUT2D eigenvalue weighted by molar-refractivity contribution is 0.790. The topological polar surface area (TPSA) is 15.0 Å². The van der Waals surface area contributed by atoms with E-state index in [0.29, 0.717) is 6.04 Å². The first-order valence-corrected chi connectivity index (χ1v) is 5.21. The molecule has 0 radical (unpaired) electrons. The number of benzene rings is 1. The first-order valence-electron chi connectivity index (χ1n) is 5.21. The van der Waals surface area contributed by atoms with Crippen LogP contribution in [-0.2, 0) is 0 Å². The van der Waals surface area contributed by atoms with Gasteiger partial charge in [-0.2, -0.15) is 0 Å². The van der Waals surface area contributed by atoms with E-state index in [0.717, 1.165) is 6.54 Å². The highest BCUT2D eigenvalue weighted by Crippen LogP contribution is 2.33. The largest absolute Gasteiger partial charge is 0.363 e. The molecule has 0 aromatic heterocycles. The van der Waals surface area contributed by atoms with E-state index in [1.807, 2.05) is 7.05 Å². The van der Waals surface area contributed by atoms with Gasteiger partial charge >= 0.3 is 0 Å². The van der Waals surface area contributed by atoms with Gasteiger partial charge in [0.2, 0.25) is 0 Å². The number of nitrogens with one attached hydrogen (secondary N) is 1. The Morgan fingerprint density at radius 1 is 1.36 bits per heavy atom. The van der Waals surface area contributed by atoms with Crippen molar-refractivity contribution in [3.05, 3.63) is 29.3 Å². The van der Waals surface area contributed by atoms with E-state index in [-0.39, 0.29) is 0 Å². The van der Waals surface area contributed by atoms with Crippen LogP contribution in [0.3, 0.4) is 0 Å². The molecule has 0 spiro atoms. The van der Waals surface area contributed by atoms with E-state index in [2.05, 4.69) is 42.3 Å². The van der Waals surface area contributed by atoms with Crippen molar-refractivity contribution in [1.82, 2.24) is 5.32 Å². The average Bonchev–Trinajstić information content (AvgIpc) is 2.85. The zero-order valence-corrected chi connectivity index (χ0v) is 9.17. The molecule has 1 unspecified atom stereocenters. The van der Waals surface area contributed by atoms with Crippen molar-refractivity contribution in [2.75, 3.05) is 25.0 Å². The van der Waals surface area contributed by atoms with Crippen molar-refractivity contribution in [2.24, 2.45) is 0 Å². The third-order valence-electron chi connectivity index (χ3n) is 2.88. The summed E-state index contributed by atoms with van der Waals surface area (Å²) in [6, 6.07) is 7.22. The Kier molecular flexibility index (Phi) is 2.46. The van der Waals surface area contributed by atoms with Crippen LogP contribution in [0.1, 0.15) is 11.1 Å². The fraction of sp³-hybridized carbons (Fsp3) is 0.500. The van der Waals surface area contributed by atoms with Crippen LogP contribution in [0, 0.1) is 13.8 Å². The van der Waals surface area contributed by atoms with Gasteiger partial charge in [0.15, 0.2) is 0 Å². The fourth-order valence-corrected chi connectivity index (χ4v) is 2.12. The molecule has 1 fully saturated rings. The highest BCUT2D eigenvalue weighted by atomic mass is 15.3. The maximum Gasteiger partial charge on any atom is 0.0590 e. The molecule has 0 aliphatic carbocycles. The first-order chi connectivity index (χ1) is 6.74. The zero-order chi connectivity index (χ0) is 10.1. The van der Waals surface area contributed by atoms with E-state index >= 15 is 0 Å². The number of aryl methyl sites for hydroxylation is 2. The van der Waals surface area contributed by atoms with Crippen LogP contribution in [0.4, 0.5) is 5.69 Å². The SMILES string of the molecule is CNCC1CN1c1c(C)cccc1C. The average molecular weight is 190 g/mol. The van der Waals surface area contributed by atoms with E-state index in [1.165, 1.54) is 23.4 Å². The molecule has 2 rings (SSSR count). The van der Waals surface area contributed by atoms with Gasteiger partial charge in [0.1, 0.15) is 0 Å². The molecule has 0 amide bonds. The number of nitrogens with zero attached hydrogens (tertiary/aromatic N) is 1. The Balaban J connectivity index is 2.18. The maximum absolute atomic E-state index is 3.23. The van der Waals surface area contributed by atoms with Crippen molar-refractivity contribution in [2.45, 2.75) is 19.9 Å². The summed E-state index contributed by atoms with van der Waals surface area (Å²) in [4.78, 5) is 2.47. The second-order valence-corrected chi connectivity index (χ2v) is 4.10. The molecule has 0 bridgehead atoms. The summed E-state index contributed by atoms with van der Waals surface area (Å²) < 4.78 is 0. The van der Waals surface area contributed by atoms with Gasteiger partial charge < -0.3 is 10.2 Å². The predicted octanol–water partition coefficient (Wildman–Crippen LogP) is 1.71. The molecule has 1 aromatic carbocycles. The van der Waals surface area contributed by atoms with E-state index in [1.54, 1.807) is 0 Å². The summed E-state index contributed by atoms with van der Waals surface area (Å²) in [7, 11) is 2.02. The van der Waals surface area contributed by atoms with E-state index < -0.39 is 0 Å². The molecule has 1 aromatic rings. The molecule has 1 saturated heterocycles. The normalized spacial score (nSPS) is 19.9. The molecule has 1 N–H and O–H groups in total. The van der Waals surface area contributed by atoms with Crippen molar-refractivity contribution in [3.8, 4) is 0 Å². The molecule has 2 heteroatoms. The summed E-state index contributed by atoms with van der Waals surface area (Å²) in [5.41, 5.74) is 4.22. The van der Waals surface area contributed by atoms with Crippen LogP contribution in [0.2, 0.25) is 0 Å². The molecule has 1 aliphatic rings. The molecular weight excluding hydrogens is 172 g/mol. The zero-order valence-electron chi connectivity index (χ0n) is 9.17. The predicted molar refractivity (Wildman–Crippen MR) is 61.0 cm³/mol. The second kappa shape index (κ2) is 3.62. The van der Waals surface area contributed by atoms with Crippen molar-refractivity contribution in [3.63, 3.8) is 0 Å². The molecule has 1 atom stereocenters. The highest BCUT2D eigenvalue weighted by molar-refractivity contribution is 5.63. The minimum absolute atomic E-state index is 0.708. The Hall–Kier alpha value is -1.02. The lowest BCUT2D eigenvalue weighted by Gasteiger charge is -2.12. The number of hydrogen-bond acceptors (Lipinski definition) is 2. The summed E-state index contributed by atoms with van der Waals surface area (Å²) in [6.45, 7) is 6.68. The third kappa shape index (κ3) is 1.62. The fourth-order valence-electron chi connectivity index (χ4n) is 2.12. The lowest BCUT2D eigenvalue weighted by Crippen LogP contribution is -2.17. The van der Waals surface area contributed by atoms with Gasteiger partial charge in [-0.1, -0.05) is 18.2 Å². The lowest BCUT2D eigenvalue weighted by atomic mass is 10.1. The van der Waals surface area contributed by atoms with Crippen molar-refractivity contribution >= 4 is 5.69 Å². The van der Waals surface area contributed by atoms with E-state index in [9.17, 15) is 0 Å². The van der Waals surface area contributed by atoms with Crippen LogP contribution >= 0.6 is 0 Å². The van der Waals surface area contributed by atoms with Gasteiger partial charge in [0.25, 0.3) is 0 Å². The Labute approximate surface area is 85.9 Å². The smallest absolute Gasteiger partial charge is 0.0590 e. The first kappa shape index (κ1) is 9.53. The standard InChI is InChI=1S/C12H18N2/c1-9-5-4-6-10(2)12(9)14-8-11(14)7-13-3/h4-6,11,13H,7-8H2,1-3H3. The van der Waals surface area contributed by atoms with Crippen LogP contribution in [-0.4, -0.2) is 26.2 Å². The molecule has 14 heavy (non-hydrogen) atoms. The second-order valence-electron chi connectivity index (χ2n) is 4.10. The summed E-state index contributed by atoms with van der Waals surface area (Å²) in [5, 5.41) is 3.23. The molecule has 2 nitrogen and oxygen atoms in total. The van der Waals surface area contributed by atoms with E-state index in [4.69, 9.17) is 0 Å². The minimum atomic E-state index is 0.708.